The molecule has 0 fully saturated rings. The number of para-hydroxylation sites is 3. The van der Waals surface area contributed by atoms with E-state index in [1.165, 1.54) is 49.7 Å². The van der Waals surface area contributed by atoms with Gasteiger partial charge in [-0.1, -0.05) is 106 Å². The minimum Gasteiger partial charge on any atom is -0.333 e. The van der Waals surface area contributed by atoms with Gasteiger partial charge in [0.25, 0.3) is 0 Å². The lowest BCUT2D eigenvalue weighted by molar-refractivity contribution is 0.639. The molecule has 0 saturated heterocycles. The number of fused-ring (bicyclic) bond motifs is 9. The summed E-state index contributed by atoms with van der Waals surface area (Å²) in [5.41, 5.74) is 15.6. The molecular formula is C48H36N4. The molecule has 7 aromatic rings. The fourth-order valence-electron chi connectivity index (χ4n) is 9.75. The molecule has 0 saturated carbocycles. The van der Waals surface area contributed by atoms with Crippen LogP contribution in [0.25, 0.3) is 55.1 Å². The van der Waals surface area contributed by atoms with Crippen molar-refractivity contribution in [3.63, 3.8) is 0 Å². The smallest absolute Gasteiger partial charge is 0.0992 e. The minimum atomic E-state index is -0.191. The van der Waals surface area contributed by atoms with Crippen LogP contribution in [-0.2, 0) is 11.8 Å². The molecule has 0 spiro atoms. The first-order chi connectivity index (χ1) is 25.4. The first kappa shape index (κ1) is 30.5. The van der Waals surface area contributed by atoms with E-state index in [0.29, 0.717) is 17.9 Å². The van der Waals surface area contributed by atoms with E-state index >= 15 is 0 Å². The average Bonchev–Trinajstić information content (AvgIpc) is 3.78. The lowest BCUT2D eigenvalue weighted by Crippen LogP contribution is -2.22. The van der Waals surface area contributed by atoms with E-state index in [9.17, 15) is 10.5 Å². The molecule has 4 nitrogen and oxygen atoms in total. The number of benzene rings is 5. The Morgan fingerprint density at radius 2 is 1.37 bits per heavy atom. The Balaban J connectivity index is 1.21. The SMILES string of the molecule is CC1Cc2c(n(-c3cc(C#N)cc(C4=CC(n5c6ccccc6c6ccccc65)CC(C#N)=C4)c3)c3ccccc23)C2=C1c1ccccc1C2(C)C. The Morgan fingerprint density at radius 1 is 0.712 bits per heavy atom. The lowest BCUT2D eigenvalue weighted by atomic mass is 9.74. The van der Waals surface area contributed by atoms with Crippen LogP contribution >= 0.6 is 0 Å². The number of hydrogen-bond acceptors (Lipinski definition) is 2. The summed E-state index contributed by atoms with van der Waals surface area (Å²) >= 11 is 0. The summed E-state index contributed by atoms with van der Waals surface area (Å²) in [5, 5.41) is 24.5. The van der Waals surface area contributed by atoms with Gasteiger partial charge in [0, 0.05) is 50.3 Å². The molecule has 2 heterocycles. The number of allylic oxidation sites excluding steroid dienone is 6. The molecule has 2 atom stereocenters. The molecule has 10 rings (SSSR count). The molecule has 52 heavy (non-hydrogen) atoms. The van der Waals surface area contributed by atoms with E-state index < -0.39 is 0 Å². The fraction of sp³-hybridized carbons (Fsp3) is 0.167. The van der Waals surface area contributed by atoms with Crippen LogP contribution in [0.4, 0.5) is 0 Å². The first-order valence-corrected chi connectivity index (χ1v) is 18.2. The van der Waals surface area contributed by atoms with Crippen molar-refractivity contribution in [1.29, 1.82) is 10.5 Å². The summed E-state index contributed by atoms with van der Waals surface area (Å²) in [5.74, 6) is 0.380. The van der Waals surface area contributed by atoms with Crippen LogP contribution in [0, 0.1) is 28.6 Å². The molecule has 5 aromatic carbocycles. The van der Waals surface area contributed by atoms with Crippen molar-refractivity contribution in [1.82, 2.24) is 9.13 Å². The van der Waals surface area contributed by atoms with E-state index in [1.54, 1.807) is 0 Å². The molecule has 3 aliphatic rings. The zero-order valence-corrected chi connectivity index (χ0v) is 29.5. The molecular weight excluding hydrogens is 633 g/mol. The van der Waals surface area contributed by atoms with E-state index in [2.05, 4.69) is 151 Å². The Labute approximate surface area is 303 Å². The van der Waals surface area contributed by atoms with E-state index in [0.717, 1.165) is 45.4 Å². The molecule has 2 aromatic heterocycles. The molecule has 0 radical (unpaired) electrons. The number of hydrogen-bond donors (Lipinski definition) is 0. The van der Waals surface area contributed by atoms with Crippen LogP contribution in [-0.4, -0.2) is 9.13 Å². The van der Waals surface area contributed by atoms with E-state index in [1.807, 2.05) is 18.2 Å². The zero-order valence-electron chi connectivity index (χ0n) is 29.5. The Hall–Kier alpha value is -6.36. The maximum atomic E-state index is 10.5. The standard InChI is InChI=1S/C48H36N4/c1-29-20-40-38-14-7-11-19-44(38)52(47(40)46-45(29)39-15-4-8-16-41(39)48(46,2)3)35-24-31(28-50)22-33(26-35)32-21-30(27-49)23-34(25-32)51-42-17-9-5-12-36(42)37-13-6-10-18-43(37)51/h4-19,21-22,24-26,29,34H,20,23H2,1-3H3. The van der Waals surface area contributed by atoms with Gasteiger partial charge in [-0.2, -0.15) is 10.5 Å². The average molecular weight is 669 g/mol. The monoisotopic (exact) mass is 668 g/mol. The number of nitriles is 2. The third-order valence-electron chi connectivity index (χ3n) is 11.9. The van der Waals surface area contributed by atoms with Crippen molar-refractivity contribution < 1.29 is 0 Å². The van der Waals surface area contributed by atoms with Crippen molar-refractivity contribution in [2.75, 3.05) is 0 Å². The largest absolute Gasteiger partial charge is 0.333 e. The van der Waals surface area contributed by atoms with Gasteiger partial charge in [-0.15, -0.1) is 0 Å². The number of rotatable bonds is 3. The summed E-state index contributed by atoms with van der Waals surface area (Å²) in [6.45, 7) is 7.11. The Morgan fingerprint density at radius 3 is 2.08 bits per heavy atom. The van der Waals surface area contributed by atoms with Crippen LogP contribution < -0.4 is 0 Å². The molecule has 248 valence electrons. The highest BCUT2D eigenvalue weighted by atomic mass is 15.0. The topological polar surface area (TPSA) is 57.4 Å². The van der Waals surface area contributed by atoms with Gasteiger partial charge in [-0.3, -0.25) is 0 Å². The van der Waals surface area contributed by atoms with Gasteiger partial charge in [0.2, 0.25) is 0 Å². The summed E-state index contributed by atoms with van der Waals surface area (Å²) in [4.78, 5) is 0. The second-order valence-electron chi connectivity index (χ2n) is 15.2. The van der Waals surface area contributed by atoms with E-state index in [4.69, 9.17) is 0 Å². The van der Waals surface area contributed by atoms with Gasteiger partial charge in [0.15, 0.2) is 0 Å². The van der Waals surface area contributed by atoms with Gasteiger partial charge in [0.1, 0.15) is 0 Å². The maximum Gasteiger partial charge on any atom is 0.0992 e. The van der Waals surface area contributed by atoms with Gasteiger partial charge >= 0.3 is 0 Å². The molecule has 0 N–H and O–H groups in total. The molecule has 4 heteroatoms. The third kappa shape index (κ3) is 4.19. The molecule has 0 amide bonds. The zero-order chi connectivity index (χ0) is 35.3. The van der Waals surface area contributed by atoms with Crippen molar-refractivity contribution >= 4 is 49.4 Å². The highest BCUT2D eigenvalue weighted by Gasteiger charge is 2.45. The first-order valence-electron chi connectivity index (χ1n) is 18.2. The summed E-state index contributed by atoms with van der Waals surface area (Å²) in [6.07, 6.45) is 5.87. The van der Waals surface area contributed by atoms with Gasteiger partial charge in [-0.05, 0) is 93.8 Å². The minimum absolute atomic E-state index is 0.0687. The van der Waals surface area contributed by atoms with Crippen molar-refractivity contribution in [3.05, 3.63) is 166 Å². The van der Waals surface area contributed by atoms with Gasteiger partial charge in [-0.25, -0.2) is 0 Å². The number of aromatic nitrogens is 2. The third-order valence-corrected chi connectivity index (χ3v) is 11.9. The fourth-order valence-corrected chi connectivity index (χ4v) is 9.75. The predicted octanol–water partition coefficient (Wildman–Crippen LogP) is 11.5. The number of nitrogens with zero attached hydrogens (tertiary/aromatic N) is 4. The quantitative estimate of drug-likeness (QED) is 0.188. The highest BCUT2D eigenvalue weighted by Crippen LogP contribution is 2.58. The van der Waals surface area contributed by atoms with Gasteiger partial charge in [0.05, 0.1) is 35.0 Å². The van der Waals surface area contributed by atoms with E-state index in [-0.39, 0.29) is 11.5 Å². The summed E-state index contributed by atoms with van der Waals surface area (Å²) in [7, 11) is 0. The maximum absolute atomic E-state index is 10.5. The van der Waals surface area contributed by atoms with Crippen molar-refractivity contribution in [2.24, 2.45) is 5.92 Å². The second kappa shape index (κ2) is 11.1. The summed E-state index contributed by atoms with van der Waals surface area (Å²) < 4.78 is 4.81. The Kier molecular flexibility index (Phi) is 6.48. The molecule has 2 unspecified atom stereocenters. The predicted molar refractivity (Wildman–Crippen MR) is 212 cm³/mol. The van der Waals surface area contributed by atoms with Gasteiger partial charge < -0.3 is 9.13 Å². The molecule has 0 bridgehead atoms. The normalized spacial score (nSPS) is 18.8. The lowest BCUT2D eigenvalue weighted by Gasteiger charge is -2.31. The van der Waals surface area contributed by atoms with Crippen LogP contribution in [0.1, 0.15) is 66.7 Å². The highest BCUT2D eigenvalue weighted by molar-refractivity contribution is 6.09. The van der Waals surface area contributed by atoms with Crippen LogP contribution in [0.2, 0.25) is 0 Å². The molecule has 0 aliphatic heterocycles. The van der Waals surface area contributed by atoms with Crippen molar-refractivity contribution in [3.8, 4) is 17.8 Å². The summed E-state index contributed by atoms with van der Waals surface area (Å²) in [6, 6.07) is 45.9. The van der Waals surface area contributed by atoms with Crippen LogP contribution in [0.5, 0.6) is 0 Å². The second-order valence-corrected chi connectivity index (χ2v) is 15.2. The van der Waals surface area contributed by atoms with Crippen LogP contribution in [0.15, 0.2) is 133 Å². The Bertz CT molecular complexity index is 2820. The van der Waals surface area contributed by atoms with Crippen molar-refractivity contribution in [2.45, 2.75) is 45.1 Å². The molecule has 3 aliphatic carbocycles. The van der Waals surface area contributed by atoms with Crippen LogP contribution in [0.3, 0.4) is 0 Å².